The summed E-state index contributed by atoms with van der Waals surface area (Å²) in [5, 5.41) is 0. The molecule has 1 amide bonds. The van der Waals surface area contributed by atoms with Crippen molar-refractivity contribution in [2.75, 3.05) is 11.4 Å². The summed E-state index contributed by atoms with van der Waals surface area (Å²) in [5.41, 5.74) is 2.61. The summed E-state index contributed by atoms with van der Waals surface area (Å²) in [4.78, 5) is 13.5. The molecule has 6 heteroatoms. The highest BCUT2D eigenvalue weighted by Gasteiger charge is 2.31. The van der Waals surface area contributed by atoms with Crippen molar-refractivity contribution in [2.24, 2.45) is 0 Å². The largest absolute Gasteiger partial charge is 0.497 e. The van der Waals surface area contributed by atoms with Gasteiger partial charge in [0.25, 0.3) is 15.9 Å². The van der Waals surface area contributed by atoms with Crippen LogP contribution in [0.5, 0.6) is 5.75 Å². The van der Waals surface area contributed by atoms with Crippen LogP contribution in [0.15, 0.2) is 77.7 Å². The molecule has 0 aliphatic carbocycles. The Morgan fingerprint density at radius 1 is 0.903 bits per heavy atom. The van der Waals surface area contributed by atoms with Crippen molar-refractivity contribution in [3.8, 4) is 5.75 Å². The minimum absolute atomic E-state index is 0.0648. The number of rotatable bonds is 8. The van der Waals surface area contributed by atoms with Gasteiger partial charge >= 0.3 is 0 Å². The maximum absolute atomic E-state index is 13.5. The van der Waals surface area contributed by atoms with Gasteiger partial charge in [-0.05, 0) is 73.9 Å². The van der Waals surface area contributed by atoms with Gasteiger partial charge in [-0.1, -0.05) is 43.2 Å². The quantitative estimate of drug-likeness (QED) is 0.474. The lowest BCUT2D eigenvalue weighted by Crippen LogP contribution is -2.37. The number of methoxy groups -OCH3 is 1. The number of carbonyl (C=O) groups excluding carboxylic acids is 1. The Labute approximate surface area is 184 Å². The number of aryl methyl sites for hydroxylation is 2. The average Bonchev–Trinajstić information content (AvgIpc) is 2.79. The first-order valence-electron chi connectivity index (χ1n) is 10.3. The molecule has 3 aromatic carbocycles. The zero-order chi connectivity index (χ0) is 22.4. The first kappa shape index (κ1) is 22.6. The van der Waals surface area contributed by atoms with Crippen LogP contribution in [-0.4, -0.2) is 21.4 Å². The summed E-state index contributed by atoms with van der Waals surface area (Å²) < 4.78 is 33.1. The first-order chi connectivity index (χ1) is 14.9. The molecular formula is C25H27NO4S. The topological polar surface area (TPSA) is 63.7 Å². The van der Waals surface area contributed by atoms with Gasteiger partial charge < -0.3 is 4.74 Å². The summed E-state index contributed by atoms with van der Waals surface area (Å²) in [6.45, 7) is 4.00. The molecule has 0 aliphatic rings. The normalized spacial score (nSPS) is 11.2. The van der Waals surface area contributed by atoms with Crippen LogP contribution in [0.4, 0.5) is 5.69 Å². The van der Waals surface area contributed by atoms with Gasteiger partial charge in [-0.15, -0.1) is 0 Å². The van der Waals surface area contributed by atoms with Crippen molar-refractivity contribution < 1.29 is 17.9 Å². The van der Waals surface area contributed by atoms with Crippen LogP contribution in [-0.2, 0) is 16.4 Å². The number of hydrogen-bond acceptors (Lipinski definition) is 4. The fourth-order valence-corrected chi connectivity index (χ4v) is 4.62. The van der Waals surface area contributed by atoms with E-state index >= 15 is 0 Å². The van der Waals surface area contributed by atoms with E-state index in [1.165, 1.54) is 19.2 Å². The van der Waals surface area contributed by atoms with E-state index < -0.39 is 15.9 Å². The fourth-order valence-electron chi connectivity index (χ4n) is 3.21. The third kappa shape index (κ3) is 5.14. The van der Waals surface area contributed by atoms with E-state index in [-0.39, 0.29) is 10.5 Å². The van der Waals surface area contributed by atoms with E-state index in [0.717, 1.165) is 34.7 Å². The van der Waals surface area contributed by atoms with Crippen molar-refractivity contribution in [2.45, 2.75) is 38.0 Å². The first-order valence-corrected chi connectivity index (χ1v) is 11.7. The second-order valence-electron chi connectivity index (χ2n) is 7.39. The minimum Gasteiger partial charge on any atom is -0.497 e. The molecule has 3 rings (SSSR count). The van der Waals surface area contributed by atoms with Gasteiger partial charge in [0.1, 0.15) is 5.75 Å². The van der Waals surface area contributed by atoms with Crippen LogP contribution in [0, 0.1) is 6.92 Å². The minimum atomic E-state index is -4.11. The van der Waals surface area contributed by atoms with E-state index in [9.17, 15) is 13.2 Å². The molecule has 3 aromatic rings. The Morgan fingerprint density at radius 2 is 1.52 bits per heavy atom. The fraction of sp³-hybridized carbons (Fsp3) is 0.240. The Balaban J connectivity index is 2.06. The summed E-state index contributed by atoms with van der Waals surface area (Å²) in [6, 6.07) is 20.0. The summed E-state index contributed by atoms with van der Waals surface area (Å²) in [7, 11) is -2.58. The predicted molar refractivity (Wildman–Crippen MR) is 123 cm³/mol. The van der Waals surface area contributed by atoms with E-state index in [0.29, 0.717) is 11.4 Å². The second-order valence-corrected chi connectivity index (χ2v) is 9.17. The second kappa shape index (κ2) is 9.79. The van der Waals surface area contributed by atoms with Gasteiger partial charge in [-0.3, -0.25) is 4.79 Å². The van der Waals surface area contributed by atoms with Crippen molar-refractivity contribution in [1.29, 1.82) is 0 Å². The summed E-state index contributed by atoms with van der Waals surface area (Å²) >= 11 is 0. The zero-order valence-corrected chi connectivity index (χ0v) is 18.9. The van der Waals surface area contributed by atoms with Crippen LogP contribution in [0.2, 0.25) is 0 Å². The van der Waals surface area contributed by atoms with E-state index in [1.54, 1.807) is 48.5 Å². The molecule has 162 valence electrons. The zero-order valence-electron chi connectivity index (χ0n) is 18.0. The summed E-state index contributed by atoms with van der Waals surface area (Å²) in [5.74, 6) is -0.0331. The number of anilines is 1. The van der Waals surface area contributed by atoms with Crippen LogP contribution < -0.4 is 9.04 Å². The molecule has 0 radical (unpaired) electrons. The van der Waals surface area contributed by atoms with Crippen molar-refractivity contribution >= 4 is 21.6 Å². The Morgan fingerprint density at radius 3 is 2.06 bits per heavy atom. The molecule has 5 nitrogen and oxygen atoms in total. The smallest absolute Gasteiger partial charge is 0.272 e. The number of carbonyl (C=O) groups is 1. The number of benzene rings is 3. The predicted octanol–water partition coefficient (Wildman–Crippen LogP) is 5.38. The van der Waals surface area contributed by atoms with E-state index in [2.05, 4.69) is 6.92 Å². The molecule has 0 N–H and O–H groups in total. The maximum Gasteiger partial charge on any atom is 0.272 e. The van der Waals surface area contributed by atoms with Gasteiger partial charge in [-0.25, -0.2) is 8.42 Å². The molecule has 0 bridgehead atoms. The van der Waals surface area contributed by atoms with Gasteiger partial charge in [0.05, 0.1) is 17.7 Å². The molecule has 0 unspecified atom stereocenters. The number of sulfonamides is 1. The highest BCUT2D eigenvalue weighted by Crippen LogP contribution is 2.27. The molecule has 0 atom stereocenters. The standard InChI is InChI=1S/C25H27NO4S/c1-4-5-6-20-9-13-22(14-10-20)26(25(27)21-11-15-23(30-3)16-12-21)31(28,29)24-17-7-19(2)8-18-24/h7-18H,4-6H2,1-3H3. The van der Waals surface area contributed by atoms with Gasteiger partial charge in [0, 0.05) is 5.56 Å². The summed E-state index contributed by atoms with van der Waals surface area (Å²) in [6.07, 6.45) is 3.04. The van der Waals surface area contributed by atoms with Crippen LogP contribution in [0.1, 0.15) is 41.3 Å². The van der Waals surface area contributed by atoms with Gasteiger partial charge in [-0.2, -0.15) is 4.31 Å². The lowest BCUT2D eigenvalue weighted by atomic mass is 10.1. The number of nitrogens with zero attached hydrogens (tertiary/aromatic N) is 1. The molecule has 0 saturated heterocycles. The average molecular weight is 438 g/mol. The van der Waals surface area contributed by atoms with Crippen molar-refractivity contribution in [3.05, 3.63) is 89.5 Å². The van der Waals surface area contributed by atoms with Gasteiger partial charge in [0.2, 0.25) is 0 Å². The SMILES string of the molecule is CCCCc1ccc(N(C(=O)c2ccc(OC)cc2)S(=O)(=O)c2ccc(C)cc2)cc1. The van der Waals surface area contributed by atoms with Crippen molar-refractivity contribution in [3.63, 3.8) is 0 Å². The highest BCUT2D eigenvalue weighted by molar-refractivity contribution is 7.93. The van der Waals surface area contributed by atoms with E-state index in [4.69, 9.17) is 4.74 Å². The van der Waals surface area contributed by atoms with Crippen LogP contribution >= 0.6 is 0 Å². The molecule has 0 heterocycles. The number of hydrogen-bond donors (Lipinski definition) is 0. The molecule has 0 aliphatic heterocycles. The number of amides is 1. The van der Waals surface area contributed by atoms with Crippen LogP contribution in [0.3, 0.4) is 0 Å². The van der Waals surface area contributed by atoms with Crippen molar-refractivity contribution in [1.82, 2.24) is 0 Å². The number of unbranched alkanes of at least 4 members (excludes halogenated alkanes) is 1. The molecular weight excluding hydrogens is 410 g/mol. The lowest BCUT2D eigenvalue weighted by molar-refractivity contribution is 0.101. The Kier molecular flexibility index (Phi) is 7.13. The molecule has 0 spiro atoms. The van der Waals surface area contributed by atoms with Crippen LogP contribution in [0.25, 0.3) is 0 Å². The molecule has 0 aromatic heterocycles. The Hall–Kier alpha value is -3.12. The van der Waals surface area contributed by atoms with Gasteiger partial charge in [0.15, 0.2) is 0 Å². The number of ether oxygens (including phenoxy) is 1. The Bertz CT molecular complexity index is 1120. The maximum atomic E-state index is 13.5. The molecule has 31 heavy (non-hydrogen) atoms. The lowest BCUT2D eigenvalue weighted by Gasteiger charge is -2.23. The monoisotopic (exact) mass is 437 g/mol. The molecule has 0 fully saturated rings. The third-order valence-electron chi connectivity index (χ3n) is 5.07. The highest BCUT2D eigenvalue weighted by atomic mass is 32.2. The molecule has 0 saturated carbocycles. The third-order valence-corrected chi connectivity index (χ3v) is 6.80. The van der Waals surface area contributed by atoms with E-state index in [1.807, 2.05) is 19.1 Å².